The monoisotopic (exact) mass is 314 g/mol. The Morgan fingerprint density at radius 1 is 1.30 bits per heavy atom. The molecular weight excluding hydrogens is 300 g/mol. The molecule has 0 saturated heterocycles. The van der Waals surface area contributed by atoms with Crippen molar-refractivity contribution in [1.29, 1.82) is 0 Å². The SMILES string of the molecule is CCn1c(=O)c(C(=O)O)cn(-c2ccc3c(cnn3C)c2)c1=O. The molecule has 0 unspecified atom stereocenters. The summed E-state index contributed by atoms with van der Waals surface area (Å²) in [5, 5.41) is 14.1. The van der Waals surface area contributed by atoms with Crippen LogP contribution in [0.25, 0.3) is 16.6 Å². The first kappa shape index (κ1) is 14.8. The van der Waals surface area contributed by atoms with Crippen molar-refractivity contribution in [3.8, 4) is 5.69 Å². The number of aromatic nitrogens is 4. The first-order valence-electron chi connectivity index (χ1n) is 6.96. The topological polar surface area (TPSA) is 99.1 Å². The lowest BCUT2D eigenvalue weighted by atomic mass is 10.2. The van der Waals surface area contributed by atoms with Crippen LogP contribution in [0.1, 0.15) is 17.3 Å². The predicted molar refractivity (Wildman–Crippen MR) is 83.2 cm³/mol. The Morgan fingerprint density at radius 3 is 2.70 bits per heavy atom. The van der Waals surface area contributed by atoms with E-state index in [1.165, 1.54) is 4.57 Å². The number of carboxylic acid groups (broad SMARTS) is 1. The molecule has 3 rings (SSSR count). The number of benzene rings is 1. The van der Waals surface area contributed by atoms with Crippen molar-refractivity contribution in [2.24, 2.45) is 7.05 Å². The molecule has 0 fully saturated rings. The Kier molecular flexibility index (Phi) is 3.36. The van der Waals surface area contributed by atoms with Gasteiger partial charge in [-0.3, -0.25) is 18.6 Å². The van der Waals surface area contributed by atoms with Gasteiger partial charge in [-0.2, -0.15) is 5.10 Å². The van der Waals surface area contributed by atoms with Gasteiger partial charge in [-0.05, 0) is 25.1 Å². The largest absolute Gasteiger partial charge is 0.477 e. The maximum atomic E-state index is 12.4. The lowest BCUT2D eigenvalue weighted by Crippen LogP contribution is -2.41. The van der Waals surface area contributed by atoms with E-state index in [4.69, 9.17) is 0 Å². The standard InChI is InChI=1S/C15H14N4O4/c1-3-18-13(20)11(14(21)22)8-19(15(18)23)10-4-5-12-9(6-10)7-16-17(12)2/h4-8H,3H2,1-2H3,(H,21,22). The molecular formula is C15H14N4O4. The summed E-state index contributed by atoms with van der Waals surface area (Å²) in [6.07, 6.45) is 2.72. The van der Waals surface area contributed by atoms with Crippen LogP contribution < -0.4 is 11.2 Å². The van der Waals surface area contributed by atoms with E-state index >= 15 is 0 Å². The van der Waals surface area contributed by atoms with Crippen molar-refractivity contribution in [2.75, 3.05) is 0 Å². The average Bonchev–Trinajstić information content (AvgIpc) is 2.88. The first-order chi connectivity index (χ1) is 10.9. The maximum absolute atomic E-state index is 12.4. The quantitative estimate of drug-likeness (QED) is 0.763. The number of fused-ring (bicyclic) bond motifs is 1. The molecule has 0 atom stereocenters. The van der Waals surface area contributed by atoms with Crippen molar-refractivity contribution >= 4 is 16.9 Å². The molecule has 0 aliphatic heterocycles. The van der Waals surface area contributed by atoms with Gasteiger partial charge in [0.15, 0.2) is 0 Å². The lowest BCUT2D eigenvalue weighted by Gasteiger charge is -2.10. The fourth-order valence-electron chi connectivity index (χ4n) is 2.51. The van der Waals surface area contributed by atoms with E-state index in [0.717, 1.165) is 21.7 Å². The van der Waals surface area contributed by atoms with Crippen LogP contribution in [-0.4, -0.2) is 30.0 Å². The summed E-state index contributed by atoms with van der Waals surface area (Å²) < 4.78 is 3.76. The smallest absolute Gasteiger partial charge is 0.342 e. The zero-order chi connectivity index (χ0) is 16.7. The Labute approximate surface area is 129 Å². The van der Waals surface area contributed by atoms with Crippen molar-refractivity contribution in [3.63, 3.8) is 0 Å². The molecule has 0 spiro atoms. The number of rotatable bonds is 3. The van der Waals surface area contributed by atoms with E-state index in [-0.39, 0.29) is 6.54 Å². The molecule has 0 aliphatic carbocycles. The summed E-state index contributed by atoms with van der Waals surface area (Å²) in [7, 11) is 1.80. The van der Waals surface area contributed by atoms with Crippen LogP contribution >= 0.6 is 0 Å². The summed E-state index contributed by atoms with van der Waals surface area (Å²) in [5.74, 6) is -1.37. The second kappa shape index (κ2) is 5.24. The first-order valence-corrected chi connectivity index (χ1v) is 6.96. The van der Waals surface area contributed by atoms with E-state index in [9.17, 15) is 19.5 Å². The minimum Gasteiger partial charge on any atom is -0.477 e. The fraction of sp³-hybridized carbons (Fsp3) is 0.200. The van der Waals surface area contributed by atoms with E-state index < -0.39 is 22.8 Å². The highest BCUT2D eigenvalue weighted by Crippen LogP contribution is 2.16. The van der Waals surface area contributed by atoms with Crippen LogP contribution in [0.15, 0.2) is 40.2 Å². The van der Waals surface area contributed by atoms with Crippen LogP contribution in [0.4, 0.5) is 0 Å². The highest BCUT2D eigenvalue weighted by atomic mass is 16.4. The minimum absolute atomic E-state index is 0.0912. The fourth-order valence-corrected chi connectivity index (χ4v) is 2.51. The van der Waals surface area contributed by atoms with E-state index in [1.807, 2.05) is 0 Å². The molecule has 0 saturated carbocycles. The molecule has 0 radical (unpaired) electrons. The number of nitrogens with zero attached hydrogens (tertiary/aromatic N) is 4. The minimum atomic E-state index is -1.37. The zero-order valence-corrected chi connectivity index (χ0v) is 12.6. The van der Waals surface area contributed by atoms with Crippen molar-refractivity contribution in [3.05, 3.63) is 57.0 Å². The van der Waals surface area contributed by atoms with Gasteiger partial charge in [-0.25, -0.2) is 9.59 Å². The third-order valence-corrected chi connectivity index (χ3v) is 3.73. The molecule has 3 aromatic rings. The van der Waals surface area contributed by atoms with Crippen molar-refractivity contribution in [2.45, 2.75) is 13.5 Å². The second-order valence-corrected chi connectivity index (χ2v) is 5.06. The Bertz CT molecular complexity index is 1040. The average molecular weight is 314 g/mol. The van der Waals surface area contributed by atoms with E-state index in [2.05, 4.69) is 5.10 Å². The van der Waals surface area contributed by atoms with Gasteiger partial charge in [0.05, 0.1) is 17.4 Å². The Hall–Kier alpha value is -3.16. The zero-order valence-electron chi connectivity index (χ0n) is 12.6. The second-order valence-electron chi connectivity index (χ2n) is 5.06. The predicted octanol–water partition coefficient (Wildman–Crippen LogP) is 0.604. The van der Waals surface area contributed by atoms with Gasteiger partial charge in [0.1, 0.15) is 5.56 Å². The van der Waals surface area contributed by atoms with Gasteiger partial charge in [0.25, 0.3) is 5.56 Å². The summed E-state index contributed by atoms with van der Waals surface area (Å²) in [5.41, 5.74) is -0.476. The third-order valence-electron chi connectivity index (χ3n) is 3.73. The van der Waals surface area contributed by atoms with Gasteiger partial charge in [0.2, 0.25) is 0 Å². The van der Waals surface area contributed by atoms with Crippen LogP contribution in [0, 0.1) is 0 Å². The van der Waals surface area contributed by atoms with Gasteiger partial charge in [-0.15, -0.1) is 0 Å². The number of hydrogen-bond acceptors (Lipinski definition) is 4. The molecule has 0 amide bonds. The molecule has 0 bridgehead atoms. The van der Waals surface area contributed by atoms with Crippen molar-refractivity contribution in [1.82, 2.24) is 18.9 Å². The van der Waals surface area contributed by atoms with E-state index in [1.54, 1.807) is 43.0 Å². The molecule has 8 heteroatoms. The third kappa shape index (κ3) is 2.24. The Morgan fingerprint density at radius 2 is 2.04 bits per heavy atom. The molecule has 0 aliphatic rings. The van der Waals surface area contributed by atoms with Crippen LogP contribution in [0.3, 0.4) is 0 Å². The normalized spacial score (nSPS) is 11.0. The van der Waals surface area contributed by atoms with Crippen LogP contribution in [0.5, 0.6) is 0 Å². The van der Waals surface area contributed by atoms with Gasteiger partial charge in [0, 0.05) is 25.2 Å². The van der Waals surface area contributed by atoms with Gasteiger partial charge >= 0.3 is 11.7 Å². The lowest BCUT2D eigenvalue weighted by molar-refractivity contribution is 0.0693. The number of hydrogen-bond donors (Lipinski definition) is 1. The number of aryl methyl sites for hydroxylation is 1. The number of carbonyl (C=O) groups is 1. The maximum Gasteiger partial charge on any atom is 0.342 e. The summed E-state index contributed by atoms with van der Waals surface area (Å²) >= 11 is 0. The molecule has 1 N–H and O–H groups in total. The molecule has 23 heavy (non-hydrogen) atoms. The Balaban J connectivity index is 2.33. The van der Waals surface area contributed by atoms with Crippen LogP contribution in [0.2, 0.25) is 0 Å². The van der Waals surface area contributed by atoms with Crippen molar-refractivity contribution < 1.29 is 9.90 Å². The molecule has 118 valence electrons. The van der Waals surface area contributed by atoms with Crippen LogP contribution in [-0.2, 0) is 13.6 Å². The highest BCUT2D eigenvalue weighted by Gasteiger charge is 2.16. The molecule has 1 aromatic carbocycles. The van der Waals surface area contributed by atoms with Gasteiger partial charge in [-0.1, -0.05) is 0 Å². The number of carboxylic acids is 1. The highest BCUT2D eigenvalue weighted by molar-refractivity contribution is 5.87. The molecule has 8 nitrogen and oxygen atoms in total. The van der Waals surface area contributed by atoms with E-state index in [0.29, 0.717) is 5.69 Å². The number of aromatic carboxylic acids is 1. The summed E-state index contributed by atoms with van der Waals surface area (Å²) in [4.78, 5) is 35.7. The van der Waals surface area contributed by atoms with Gasteiger partial charge < -0.3 is 5.11 Å². The molecule has 2 aromatic heterocycles. The summed E-state index contributed by atoms with van der Waals surface area (Å²) in [6, 6.07) is 5.19. The summed E-state index contributed by atoms with van der Waals surface area (Å²) in [6.45, 7) is 1.71. The molecule has 2 heterocycles.